The predicted molar refractivity (Wildman–Crippen MR) is 94.4 cm³/mol. The van der Waals surface area contributed by atoms with Gasteiger partial charge < -0.3 is 10.1 Å². The number of rotatable bonds is 6. The molecule has 0 bridgehead atoms. The molecular formula is C17H18Cl2N2O2. The summed E-state index contributed by atoms with van der Waals surface area (Å²) in [6.45, 7) is 0.782. The van der Waals surface area contributed by atoms with Gasteiger partial charge in [0.15, 0.2) is 0 Å². The Labute approximate surface area is 146 Å². The summed E-state index contributed by atoms with van der Waals surface area (Å²) in [4.78, 5) is 13.9. The van der Waals surface area contributed by atoms with E-state index >= 15 is 0 Å². The fraction of sp³-hybridized carbons (Fsp3) is 0.235. The molecule has 2 rings (SSSR count). The summed E-state index contributed by atoms with van der Waals surface area (Å²) in [6, 6.07) is 12.7. The second kappa shape index (κ2) is 8.20. The average molecular weight is 353 g/mol. The number of amides is 1. The van der Waals surface area contributed by atoms with E-state index < -0.39 is 0 Å². The molecule has 0 saturated heterocycles. The summed E-state index contributed by atoms with van der Waals surface area (Å²) >= 11 is 12.2. The standard InChI is InChI=1S/C17H18Cl2N2O2/c1-21(10-12-4-3-5-15(18)17(12)19)11-16(22)20-13-6-8-14(23-2)9-7-13/h3-9H,10-11H2,1-2H3,(H,20,22). The van der Waals surface area contributed by atoms with E-state index in [4.69, 9.17) is 27.9 Å². The van der Waals surface area contributed by atoms with Crippen LogP contribution in [0.1, 0.15) is 5.56 Å². The van der Waals surface area contributed by atoms with Crippen LogP contribution in [-0.4, -0.2) is 31.5 Å². The van der Waals surface area contributed by atoms with Crippen molar-refractivity contribution >= 4 is 34.8 Å². The molecule has 0 fully saturated rings. The Hall–Kier alpha value is -1.75. The smallest absolute Gasteiger partial charge is 0.238 e. The van der Waals surface area contributed by atoms with Gasteiger partial charge in [-0.3, -0.25) is 9.69 Å². The summed E-state index contributed by atoms with van der Waals surface area (Å²) < 4.78 is 5.08. The largest absolute Gasteiger partial charge is 0.497 e. The van der Waals surface area contributed by atoms with Crippen molar-refractivity contribution in [3.8, 4) is 5.75 Å². The predicted octanol–water partition coefficient (Wildman–Crippen LogP) is 4.07. The molecule has 0 heterocycles. The van der Waals surface area contributed by atoms with Crippen molar-refractivity contribution in [2.75, 3.05) is 26.0 Å². The molecule has 0 aliphatic rings. The minimum atomic E-state index is -0.101. The Kier molecular flexibility index (Phi) is 6.28. The minimum absolute atomic E-state index is 0.101. The third-order valence-corrected chi connectivity index (χ3v) is 4.12. The van der Waals surface area contributed by atoms with Crippen LogP contribution in [0.25, 0.3) is 0 Å². The first-order valence-corrected chi connectivity index (χ1v) is 7.80. The topological polar surface area (TPSA) is 41.6 Å². The summed E-state index contributed by atoms with van der Waals surface area (Å²) in [5.41, 5.74) is 1.61. The number of carbonyl (C=O) groups excluding carboxylic acids is 1. The van der Waals surface area contributed by atoms with E-state index in [9.17, 15) is 4.79 Å². The Balaban J connectivity index is 1.90. The van der Waals surface area contributed by atoms with Gasteiger partial charge in [-0.15, -0.1) is 0 Å². The van der Waals surface area contributed by atoms with E-state index in [0.29, 0.717) is 16.6 Å². The Morgan fingerprint density at radius 3 is 2.52 bits per heavy atom. The molecule has 0 aliphatic heterocycles. The molecule has 0 saturated carbocycles. The number of carbonyl (C=O) groups is 1. The minimum Gasteiger partial charge on any atom is -0.497 e. The lowest BCUT2D eigenvalue weighted by Crippen LogP contribution is -2.29. The number of anilines is 1. The fourth-order valence-corrected chi connectivity index (χ4v) is 2.52. The van der Waals surface area contributed by atoms with Crippen molar-refractivity contribution in [3.63, 3.8) is 0 Å². The molecule has 2 aromatic rings. The number of methoxy groups -OCH3 is 1. The van der Waals surface area contributed by atoms with Crippen molar-refractivity contribution in [2.24, 2.45) is 0 Å². The zero-order valence-corrected chi connectivity index (χ0v) is 14.5. The first kappa shape index (κ1) is 17.6. The van der Waals surface area contributed by atoms with E-state index in [-0.39, 0.29) is 12.5 Å². The van der Waals surface area contributed by atoms with Gasteiger partial charge in [0.05, 0.1) is 23.7 Å². The van der Waals surface area contributed by atoms with Gasteiger partial charge in [-0.1, -0.05) is 35.3 Å². The molecule has 0 aromatic heterocycles. The molecule has 0 spiro atoms. The monoisotopic (exact) mass is 352 g/mol. The number of nitrogens with one attached hydrogen (secondary N) is 1. The molecule has 0 unspecified atom stereocenters. The molecule has 6 heteroatoms. The lowest BCUT2D eigenvalue weighted by Gasteiger charge is -2.17. The zero-order valence-electron chi connectivity index (χ0n) is 13.0. The molecule has 4 nitrogen and oxygen atoms in total. The van der Waals surface area contributed by atoms with E-state index in [1.54, 1.807) is 37.4 Å². The quantitative estimate of drug-likeness (QED) is 0.851. The Bertz CT molecular complexity index is 675. The maximum absolute atomic E-state index is 12.1. The molecular weight excluding hydrogens is 335 g/mol. The highest BCUT2D eigenvalue weighted by Crippen LogP contribution is 2.26. The van der Waals surface area contributed by atoms with Crippen LogP contribution in [0.5, 0.6) is 5.75 Å². The highest BCUT2D eigenvalue weighted by molar-refractivity contribution is 6.42. The van der Waals surface area contributed by atoms with Gasteiger partial charge in [-0.25, -0.2) is 0 Å². The van der Waals surface area contributed by atoms with Gasteiger partial charge in [0.1, 0.15) is 5.75 Å². The van der Waals surface area contributed by atoms with Crippen molar-refractivity contribution < 1.29 is 9.53 Å². The van der Waals surface area contributed by atoms with Crippen LogP contribution < -0.4 is 10.1 Å². The number of likely N-dealkylation sites (N-methyl/N-ethyl adjacent to an activating group) is 1. The first-order valence-electron chi connectivity index (χ1n) is 7.05. The summed E-state index contributed by atoms with van der Waals surface area (Å²) in [5.74, 6) is 0.645. The normalized spacial score (nSPS) is 10.7. The van der Waals surface area contributed by atoms with E-state index in [2.05, 4.69) is 5.32 Å². The first-order chi connectivity index (χ1) is 11.0. The molecule has 122 valence electrons. The van der Waals surface area contributed by atoms with Crippen LogP contribution >= 0.6 is 23.2 Å². The summed E-state index contributed by atoms with van der Waals surface area (Å²) in [6.07, 6.45) is 0. The highest BCUT2D eigenvalue weighted by Gasteiger charge is 2.11. The van der Waals surface area contributed by atoms with Crippen LogP contribution in [-0.2, 0) is 11.3 Å². The van der Waals surface area contributed by atoms with E-state index in [1.807, 2.05) is 24.1 Å². The molecule has 0 radical (unpaired) electrons. The number of hydrogen-bond donors (Lipinski definition) is 1. The maximum atomic E-state index is 12.1. The molecule has 2 aromatic carbocycles. The molecule has 0 aliphatic carbocycles. The number of hydrogen-bond acceptors (Lipinski definition) is 3. The molecule has 1 N–H and O–H groups in total. The van der Waals surface area contributed by atoms with Gasteiger partial charge in [0.25, 0.3) is 0 Å². The van der Waals surface area contributed by atoms with E-state index in [1.165, 1.54) is 0 Å². The molecule has 23 heavy (non-hydrogen) atoms. The van der Waals surface area contributed by atoms with E-state index in [0.717, 1.165) is 17.0 Å². The zero-order chi connectivity index (χ0) is 16.8. The van der Waals surface area contributed by atoms with Gasteiger partial charge in [-0.2, -0.15) is 0 Å². The van der Waals surface area contributed by atoms with Crippen molar-refractivity contribution in [1.29, 1.82) is 0 Å². The van der Waals surface area contributed by atoms with Gasteiger partial charge in [0, 0.05) is 12.2 Å². The average Bonchev–Trinajstić information content (AvgIpc) is 2.52. The molecule has 1 amide bonds. The Morgan fingerprint density at radius 2 is 1.87 bits per heavy atom. The highest BCUT2D eigenvalue weighted by atomic mass is 35.5. The lowest BCUT2D eigenvalue weighted by molar-refractivity contribution is -0.117. The van der Waals surface area contributed by atoms with Crippen LogP contribution in [0, 0.1) is 0 Å². The van der Waals surface area contributed by atoms with Crippen molar-refractivity contribution in [2.45, 2.75) is 6.54 Å². The van der Waals surface area contributed by atoms with Gasteiger partial charge >= 0.3 is 0 Å². The Morgan fingerprint density at radius 1 is 1.17 bits per heavy atom. The molecule has 0 atom stereocenters. The maximum Gasteiger partial charge on any atom is 0.238 e. The van der Waals surface area contributed by atoms with Gasteiger partial charge in [-0.05, 0) is 42.9 Å². The number of ether oxygens (including phenoxy) is 1. The second-order valence-electron chi connectivity index (χ2n) is 5.16. The third kappa shape index (κ3) is 5.13. The third-order valence-electron chi connectivity index (χ3n) is 3.26. The van der Waals surface area contributed by atoms with Crippen LogP contribution in [0.15, 0.2) is 42.5 Å². The fourth-order valence-electron chi connectivity index (χ4n) is 2.14. The number of nitrogens with zero attached hydrogens (tertiary/aromatic N) is 1. The van der Waals surface area contributed by atoms with Crippen molar-refractivity contribution in [1.82, 2.24) is 4.90 Å². The summed E-state index contributed by atoms with van der Waals surface area (Å²) in [7, 11) is 3.45. The van der Waals surface area contributed by atoms with Crippen LogP contribution in [0.3, 0.4) is 0 Å². The van der Waals surface area contributed by atoms with Gasteiger partial charge in [0.2, 0.25) is 5.91 Å². The summed E-state index contributed by atoms with van der Waals surface area (Å²) in [5, 5.41) is 3.88. The second-order valence-corrected chi connectivity index (χ2v) is 5.95. The lowest BCUT2D eigenvalue weighted by atomic mass is 10.2. The number of benzene rings is 2. The SMILES string of the molecule is COc1ccc(NC(=O)CN(C)Cc2cccc(Cl)c2Cl)cc1. The van der Waals surface area contributed by atoms with Crippen LogP contribution in [0.4, 0.5) is 5.69 Å². The van der Waals surface area contributed by atoms with Crippen molar-refractivity contribution in [3.05, 3.63) is 58.1 Å². The number of halogens is 2. The van der Waals surface area contributed by atoms with Crippen LogP contribution in [0.2, 0.25) is 10.0 Å².